The summed E-state index contributed by atoms with van der Waals surface area (Å²) in [6, 6.07) is -0.390. The predicted molar refractivity (Wildman–Crippen MR) is 105 cm³/mol. The molecule has 8 heteroatoms. The number of aliphatic hydroxyl groups is 2. The van der Waals surface area contributed by atoms with Crippen LogP contribution in [-0.2, 0) is 0 Å². The highest BCUT2D eigenvalue weighted by Gasteiger charge is 2.42. The molecule has 0 aromatic heterocycles. The van der Waals surface area contributed by atoms with Crippen molar-refractivity contribution < 1.29 is 19.8 Å². The van der Waals surface area contributed by atoms with Crippen molar-refractivity contribution in [3.05, 3.63) is 0 Å². The molecule has 1 fully saturated rings. The molecule has 0 radical (unpaired) electrons. The molecule has 0 saturated heterocycles. The van der Waals surface area contributed by atoms with Gasteiger partial charge in [0.1, 0.15) is 0 Å². The molecule has 1 saturated carbocycles. The lowest BCUT2D eigenvalue weighted by Crippen LogP contribution is -2.54. The van der Waals surface area contributed by atoms with Gasteiger partial charge in [-0.05, 0) is 43.9 Å². The number of amides is 4. The first-order valence-electron chi connectivity index (χ1n) is 9.82. The van der Waals surface area contributed by atoms with Crippen molar-refractivity contribution in [2.45, 2.75) is 66.0 Å². The smallest absolute Gasteiger partial charge is 0.317 e. The van der Waals surface area contributed by atoms with Crippen molar-refractivity contribution in [2.75, 3.05) is 32.8 Å². The van der Waals surface area contributed by atoms with E-state index >= 15 is 0 Å². The van der Waals surface area contributed by atoms with Gasteiger partial charge < -0.3 is 31.1 Å². The van der Waals surface area contributed by atoms with Gasteiger partial charge in [-0.1, -0.05) is 20.8 Å². The maximum atomic E-state index is 12.5. The Morgan fingerprint density at radius 2 is 1.70 bits per heavy atom. The maximum absolute atomic E-state index is 12.5. The van der Waals surface area contributed by atoms with Gasteiger partial charge in [0.15, 0.2) is 0 Å². The molecule has 0 aliphatic heterocycles. The Hall–Kier alpha value is -1.54. The average molecular weight is 387 g/mol. The molecule has 1 aliphatic rings. The van der Waals surface area contributed by atoms with Crippen LogP contribution in [0.2, 0.25) is 0 Å². The maximum Gasteiger partial charge on any atom is 0.317 e. The molecule has 4 amide bonds. The second kappa shape index (κ2) is 10.1. The number of carbonyl (C=O) groups is 2. The number of nitrogens with zero attached hydrogens (tertiary/aromatic N) is 1. The van der Waals surface area contributed by atoms with Crippen LogP contribution in [0.5, 0.6) is 0 Å². The molecule has 0 spiro atoms. The van der Waals surface area contributed by atoms with Crippen molar-refractivity contribution in [1.82, 2.24) is 20.9 Å². The first kappa shape index (κ1) is 23.5. The number of aliphatic hydroxyl groups excluding tert-OH is 2. The summed E-state index contributed by atoms with van der Waals surface area (Å²) in [5, 5.41) is 27.1. The van der Waals surface area contributed by atoms with Gasteiger partial charge in [-0.25, -0.2) is 9.59 Å². The fraction of sp³-hybridized carbons (Fsp3) is 0.895. The van der Waals surface area contributed by atoms with Crippen molar-refractivity contribution in [3.63, 3.8) is 0 Å². The quantitative estimate of drug-likeness (QED) is 0.432. The molecule has 1 aliphatic carbocycles. The van der Waals surface area contributed by atoms with Crippen LogP contribution in [0, 0.1) is 10.8 Å². The third-order valence-corrected chi connectivity index (χ3v) is 4.89. The van der Waals surface area contributed by atoms with Crippen molar-refractivity contribution in [2.24, 2.45) is 10.8 Å². The molecule has 0 aromatic carbocycles. The van der Waals surface area contributed by atoms with Gasteiger partial charge in [0.2, 0.25) is 0 Å². The minimum Gasteiger partial charge on any atom is -0.395 e. The third-order valence-electron chi connectivity index (χ3n) is 4.89. The summed E-state index contributed by atoms with van der Waals surface area (Å²) in [5.74, 6) is 0. The van der Waals surface area contributed by atoms with Crippen molar-refractivity contribution in [3.8, 4) is 0 Å². The summed E-state index contributed by atoms with van der Waals surface area (Å²) < 4.78 is 0. The molecule has 8 nitrogen and oxygen atoms in total. The van der Waals surface area contributed by atoms with Gasteiger partial charge >= 0.3 is 12.1 Å². The first-order chi connectivity index (χ1) is 12.5. The highest BCUT2D eigenvalue weighted by atomic mass is 16.3. The summed E-state index contributed by atoms with van der Waals surface area (Å²) in [5.41, 5.74) is -0.104. The van der Waals surface area contributed by atoms with E-state index in [1.165, 1.54) is 4.90 Å². The van der Waals surface area contributed by atoms with Gasteiger partial charge in [-0.2, -0.15) is 0 Å². The lowest BCUT2D eigenvalue weighted by atomic mass is 9.62. The van der Waals surface area contributed by atoms with Crippen LogP contribution in [0.4, 0.5) is 9.59 Å². The molecule has 2 unspecified atom stereocenters. The summed E-state index contributed by atoms with van der Waals surface area (Å²) in [7, 11) is 0. The van der Waals surface area contributed by atoms with E-state index in [9.17, 15) is 9.59 Å². The predicted octanol–water partition coefficient (Wildman–Crippen LogP) is 1.28. The molecule has 0 heterocycles. The highest BCUT2D eigenvalue weighted by molar-refractivity contribution is 5.75. The number of rotatable bonds is 8. The Morgan fingerprint density at radius 3 is 2.22 bits per heavy atom. The summed E-state index contributed by atoms with van der Waals surface area (Å²) in [4.78, 5) is 25.9. The van der Waals surface area contributed by atoms with E-state index in [0.717, 1.165) is 19.3 Å². The molecule has 1 rings (SSSR count). The second-order valence-corrected chi connectivity index (χ2v) is 9.12. The summed E-state index contributed by atoms with van der Waals surface area (Å²) in [6.45, 7) is 11.0. The first-order valence-corrected chi connectivity index (χ1v) is 9.82. The normalized spacial score (nSPS) is 24.4. The van der Waals surface area contributed by atoms with Crippen molar-refractivity contribution in [1.29, 1.82) is 0 Å². The standard InChI is InChI=1S/C19H38N4O4/c1-14(2)21-16(26)20-13-19(5)11-15(10-18(3,4)12-19)22-17(27)23(6-8-24)7-9-25/h14-15,24-25H,6-13H2,1-5H3,(H,22,27)(H2,20,21,26). The van der Waals surface area contributed by atoms with E-state index in [0.29, 0.717) is 6.54 Å². The summed E-state index contributed by atoms with van der Waals surface area (Å²) in [6.07, 6.45) is 2.56. The molecular weight excluding hydrogens is 348 g/mol. The number of hydrogen-bond donors (Lipinski definition) is 5. The van der Waals surface area contributed by atoms with E-state index in [1.54, 1.807) is 0 Å². The number of nitrogens with one attached hydrogen (secondary N) is 3. The van der Waals surface area contributed by atoms with E-state index < -0.39 is 0 Å². The number of hydrogen-bond acceptors (Lipinski definition) is 4. The van der Waals surface area contributed by atoms with Gasteiger partial charge in [0.05, 0.1) is 13.2 Å². The topological polar surface area (TPSA) is 114 Å². The minimum absolute atomic E-state index is 0.0268. The van der Waals surface area contributed by atoms with Crippen LogP contribution >= 0.6 is 0 Å². The van der Waals surface area contributed by atoms with Crippen LogP contribution in [0.25, 0.3) is 0 Å². The summed E-state index contributed by atoms with van der Waals surface area (Å²) >= 11 is 0. The zero-order valence-electron chi connectivity index (χ0n) is 17.5. The van der Waals surface area contributed by atoms with Crippen LogP contribution in [0.15, 0.2) is 0 Å². The Labute approximate surface area is 163 Å². The van der Waals surface area contributed by atoms with E-state index in [-0.39, 0.29) is 61.3 Å². The Balaban J connectivity index is 2.73. The highest BCUT2D eigenvalue weighted by Crippen LogP contribution is 2.45. The lowest BCUT2D eigenvalue weighted by Gasteiger charge is -2.47. The van der Waals surface area contributed by atoms with Gasteiger partial charge in [-0.15, -0.1) is 0 Å². The van der Waals surface area contributed by atoms with E-state index in [2.05, 4.69) is 36.7 Å². The Bertz CT molecular complexity index is 492. The van der Waals surface area contributed by atoms with Crippen LogP contribution in [0.1, 0.15) is 53.9 Å². The molecule has 158 valence electrons. The molecule has 0 aromatic rings. The third kappa shape index (κ3) is 8.34. The SMILES string of the molecule is CC(C)NC(=O)NCC1(C)CC(NC(=O)N(CCO)CCO)CC(C)(C)C1. The molecule has 2 atom stereocenters. The zero-order chi connectivity index (χ0) is 20.7. The molecule has 5 N–H and O–H groups in total. The molecular formula is C19H38N4O4. The zero-order valence-corrected chi connectivity index (χ0v) is 17.5. The Kier molecular flexibility index (Phi) is 8.81. The Morgan fingerprint density at radius 1 is 1.11 bits per heavy atom. The van der Waals surface area contributed by atoms with Gasteiger partial charge in [0, 0.05) is 31.7 Å². The monoisotopic (exact) mass is 386 g/mol. The van der Waals surface area contributed by atoms with E-state index in [4.69, 9.17) is 10.2 Å². The van der Waals surface area contributed by atoms with E-state index in [1.807, 2.05) is 13.8 Å². The van der Waals surface area contributed by atoms with Crippen LogP contribution in [-0.4, -0.2) is 72.1 Å². The number of carbonyl (C=O) groups excluding carboxylic acids is 2. The average Bonchev–Trinajstić information content (AvgIpc) is 2.50. The minimum atomic E-state index is -0.270. The second-order valence-electron chi connectivity index (χ2n) is 9.12. The van der Waals surface area contributed by atoms with Gasteiger partial charge in [0.25, 0.3) is 0 Å². The van der Waals surface area contributed by atoms with Crippen LogP contribution in [0.3, 0.4) is 0 Å². The lowest BCUT2D eigenvalue weighted by molar-refractivity contribution is 0.0708. The van der Waals surface area contributed by atoms with Gasteiger partial charge in [-0.3, -0.25) is 0 Å². The largest absolute Gasteiger partial charge is 0.395 e. The molecule has 27 heavy (non-hydrogen) atoms. The molecule has 0 bridgehead atoms. The van der Waals surface area contributed by atoms with Crippen LogP contribution < -0.4 is 16.0 Å². The number of urea groups is 2. The fourth-order valence-electron chi connectivity index (χ4n) is 4.30. The fourth-order valence-corrected chi connectivity index (χ4v) is 4.30. The van der Waals surface area contributed by atoms with Crippen molar-refractivity contribution >= 4 is 12.1 Å².